The average molecular weight is 447 g/mol. The molecule has 0 aliphatic carbocycles. The van der Waals surface area contributed by atoms with Gasteiger partial charge in [-0.25, -0.2) is 0 Å². The highest BCUT2D eigenvalue weighted by atomic mass is 35.5. The van der Waals surface area contributed by atoms with Crippen molar-refractivity contribution in [1.29, 1.82) is 0 Å². The summed E-state index contributed by atoms with van der Waals surface area (Å²) in [5.74, 6) is 1.27. The van der Waals surface area contributed by atoms with Crippen LogP contribution in [0.4, 0.5) is 0 Å². The molecule has 0 aliphatic rings. The lowest BCUT2D eigenvalue weighted by Gasteiger charge is -2.11. The second-order valence-electron chi connectivity index (χ2n) is 7.25. The molecule has 0 radical (unpaired) electrons. The number of nitrogens with zero attached hydrogens (tertiary/aromatic N) is 4. The van der Waals surface area contributed by atoms with E-state index in [1.54, 1.807) is 16.3 Å². The molecule has 0 aliphatic heterocycles. The maximum Gasteiger partial charge on any atom is 0.262 e. The van der Waals surface area contributed by atoms with Crippen LogP contribution in [0.3, 0.4) is 0 Å². The van der Waals surface area contributed by atoms with E-state index in [2.05, 4.69) is 22.3 Å². The smallest absolute Gasteiger partial charge is 0.262 e. The molecular formula is C24H19ClN4OS. The Hall–Kier alpha value is -3.09. The van der Waals surface area contributed by atoms with Gasteiger partial charge in [0.25, 0.3) is 5.56 Å². The molecular weight excluding hydrogens is 428 g/mol. The largest absolute Gasteiger partial charge is 0.276 e. The van der Waals surface area contributed by atoms with Gasteiger partial charge in [-0.2, -0.15) is 0 Å². The Labute approximate surface area is 188 Å². The summed E-state index contributed by atoms with van der Waals surface area (Å²) in [7, 11) is 0. The molecule has 154 valence electrons. The van der Waals surface area contributed by atoms with Crippen molar-refractivity contribution in [3.8, 4) is 0 Å². The van der Waals surface area contributed by atoms with Crippen molar-refractivity contribution in [1.82, 2.24) is 19.2 Å². The van der Waals surface area contributed by atoms with E-state index in [-0.39, 0.29) is 5.56 Å². The van der Waals surface area contributed by atoms with Gasteiger partial charge in [-0.05, 0) is 41.8 Å². The van der Waals surface area contributed by atoms with Gasteiger partial charge in [0, 0.05) is 17.3 Å². The SMILES string of the molecule is O=c1c2ccccc2n2c(SCc3cccc(Cl)c3)nnc2n1CCc1ccccc1. The third-order valence-electron chi connectivity index (χ3n) is 5.20. The first-order chi connectivity index (χ1) is 15.2. The molecule has 0 N–H and O–H groups in total. The number of para-hydroxylation sites is 1. The summed E-state index contributed by atoms with van der Waals surface area (Å²) in [4.78, 5) is 13.3. The van der Waals surface area contributed by atoms with Gasteiger partial charge in [-0.3, -0.25) is 13.8 Å². The van der Waals surface area contributed by atoms with Gasteiger partial charge >= 0.3 is 0 Å². The normalized spacial score (nSPS) is 11.4. The first-order valence-corrected chi connectivity index (χ1v) is 11.3. The number of benzene rings is 3. The third kappa shape index (κ3) is 3.96. The minimum atomic E-state index is -0.0437. The number of thioether (sulfide) groups is 1. The second kappa shape index (κ2) is 8.57. The molecule has 0 atom stereocenters. The Bertz CT molecular complexity index is 1430. The lowest BCUT2D eigenvalue weighted by atomic mass is 10.1. The van der Waals surface area contributed by atoms with Crippen molar-refractivity contribution in [3.05, 3.63) is 105 Å². The minimum absolute atomic E-state index is 0.0437. The van der Waals surface area contributed by atoms with E-state index in [9.17, 15) is 4.79 Å². The van der Waals surface area contributed by atoms with Crippen molar-refractivity contribution < 1.29 is 0 Å². The molecule has 31 heavy (non-hydrogen) atoms. The number of aryl methyl sites for hydroxylation is 2. The van der Waals surface area contributed by atoms with Gasteiger partial charge in [-0.1, -0.05) is 78.0 Å². The Morgan fingerprint density at radius 3 is 2.48 bits per heavy atom. The van der Waals surface area contributed by atoms with Gasteiger partial charge in [0.15, 0.2) is 5.16 Å². The van der Waals surface area contributed by atoms with Crippen LogP contribution in [0, 0.1) is 0 Å². The van der Waals surface area contributed by atoms with Crippen LogP contribution in [-0.4, -0.2) is 19.2 Å². The predicted molar refractivity (Wildman–Crippen MR) is 126 cm³/mol. The Morgan fingerprint density at radius 2 is 1.65 bits per heavy atom. The Morgan fingerprint density at radius 1 is 0.871 bits per heavy atom. The van der Waals surface area contributed by atoms with E-state index in [4.69, 9.17) is 11.6 Å². The van der Waals surface area contributed by atoms with Crippen LogP contribution in [0.15, 0.2) is 88.8 Å². The quantitative estimate of drug-likeness (QED) is 0.335. The van der Waals surface area contributed by atoms with Crippen LogP contribution in [-0.2, 0) is 18.7 Å². The molecule has 0 spiro atoms. The zero-order chi connectivity index (χ0) is 21.2. The highest BCUT2D eigenvalue weighted by Gasteiger charge is 2.16. The summed E-state index contributed by atoms with van der Waals surface area (Å²) in [6.07, 6.45) is 0.743. The van der Waals surface area contributed by atoms with Gasteiger partial charge < -0.3 is 0 Å². The average Bonchev–Trinajstić information content (AvgIpc) is 3.22. The zero-order valence-electron chi connectivity index (χ0n) is 16.6. The standard InChI is InChI=1S/C24H19ClN4OS/c25-19-10-6-9-18(15-19)16-31-24-27-26-23-28(14-13-17-7-2-1-3-8-17)22(30)20-11-4-5-12-21(20)29(23)24/h1-12,15H,13-14,16H2. The molecule has 5 rings (SSSR count). The third-order valence-corrected chi connectivity index (χ3v) is 6.44. The summed E-state index contributed by atoms with van der Waals surface area (Å²) < 4.78 is 3.71. The van der Waals surface area contributed by atoms with Crippen molar-refractivity contribution in [2.24, 2.45) is 0 Å². The minimum Gasteiger partial charge on any atom is -0.276 e. The molecule has 0 fully saturated rings. The zero-order valence-corrected chi connectivity index (χ0v) is 18.2. The van der Waals surface area contributed by atoms with Gasteiger partial charge in [0.2, 0.25) is 5.78 Å². The topological polar surface area (TPSA) is 52.2 Å². The number of fused-ring (bicyclic) bond motifs is 3. The molecule has 5 nitrogen and oxygen atoms in total. The predicted octanol–water partition coefficient (Wildman–Crippen LogP) is 5.23. The number of rotatable bonds is 6. The molecule has 3 aromatic carbocycles. The summed E-state index contributed by atoms with van der Waals surface area (Å²) in [6.45, 7) is 0.536. The first kappa shape index (κ1) is 19.8. The van der Waals surface area contributed by atoms with Crippen LogP contribution in [0.25, 0.3) is 16.7 Å². The van der Waals surface area contributed by atoms with E-state index in [1.165, 1.54) is 5.56 Å². The fourth-order valence-corrected chi connectivity index (χ4v) is 4.78. The Balaban J connectivity index is 1.57. The monoisotopic (exact) mass is 446 g/mol. The van der Waals surface area contributed by atoms with E-state index >= 15 is 0 Å². The number of halogens is 1. The maximum absolute atomic E-state index is 13.3. The highest BCUT2D eigenvalue weighted by molar-refractivity contribution is 7.98. The van der Waals surface area contributed by atoms with Crippen LogP contribution in [0.5, 0.6) is 0 Å². The van der Waals surface area contributed by atoms with Gasteiger partial charge in [0.05, 0.1) is 10.9 Å². The maximum atomic E-state index is 13.3. The summed E-state index contributed by atoms with van der Waals surface area (Å²) in [5.41, 5.74) is 3.06. The molecule has 0 bridgehead atoms. The molecule has 0 unspecified atom stereocenters. The van der Waals surface area contributed by atoms with Crippen LogP contribution >= 0.6 is 23.4 Å². The fraction of sp³-hybridized carbons (Fsp3) is 0.125. The lowest BCUT2D eigenvalue weighted by molar-refractivity contribution is 0.677. The summed E-state index contributed by atoms with van der Waals surface area (Å²) >= 11 is 7.70. The van der Waals surface area contributed by atoms with Crippen LogP contribution in [0.2, 0.25) is 5.02 Å². The van der Waals surface area contributed by atoms with Crippen molar-refractivity contribution in [2.45, 2.75) is 23.9 Å². The van der Waals surface area contributed by atoms with E-state index in [0.29, 0.717) is 28.5 Å². The van der Waals surface area contributed by atoms with E-state index in [0.717, 1.165) is 22.7 Å². The highest BCUT2D eigenvalue weighted by Crippen LogP contribution is 2.25. The summed E-state index contributed by atoms with van der Waals surface area (Å²) in [6, 6.07) is 25.6. The number of hydrogen-bond donors (Lipinski definition) is 0. The van der Waals surface area contributed by atoms with Gasteiger partial charge in [0.1, 0.15) is 0 Å². The lowest BCUT2D eigenvalue weighted by Crippen LogP contribution is -2.24. The molecule has 2 heterocycles. The van der Waals surface area contributed by atoms with Crippen LogP contribution < -0.4 is 5.56 Å². The second-order valence-corrected chi connectivity index (χ2v) is 8.63. The molecule has 0 saturated heterocycles. The fourth-order valence-electron chi connectivity index (χ4n) is 3.69. The van der Waals surface area contributed by atoms with E-state index in [1.807, 2.05) is 71.1 Å². The van der Waals surface area contributed by atoms with Crippen LogP contribution in [0.1, 0.15) is 11.1 Å². The van der Waals surface area contributed by atoms with Crippen molar-refractivity contribution in [3.63, 3.8) is 0 Å². The molecule has 0 saturated carbocycles. The first-order valence-electron chi connectivity index (χ1n) is 9.98. The number of aromatic nitrogens is 4. The number of hydrogen-bond acceptors (Lipinski definition) is 4. The van der Waals surface area contributed by atoms with Crippen molar-refractivity contribution in [2.75, 3.05) is 0 Å². The molecule has 0 amide bonds. The molecule has 5 aromatic rings. The van der Waals surface area contributed by atoms with Crippen molar-refractivity contribution >= 4 is 40.0 Å². The van der Waals surface area contributed by atoms with E-state index < -0.39 is 0 Å². The molecule has 7 heteroatoms. The summed E-state index contributed by atoms with van der Waals surface area (Å²) in [5, 5.41) is 10.9. The van der Waals surface area contributed by atoms with Gasteiger partial charge in [-0.15, -0.1) is 10.2 Å². The molecule has 2 aromatic heterocycles. The Kier molecular flexibility index (Phi) is 5.49.